The molecule has 0 radical (unpaired) electrons. The fraction of sp³-hybridized carbons (Fsp3) is 0.556. The molecule has 0 bridgehead atoms. The van der Waals surface area contributed by atoms with E-state index in [-0.39, 0.29) is 0 Å². The van der Waals surface area contributed by atoms with Crippen LogP contribution in [0.15, 0.2) is 41.6 Å². The zero-order valence-electron chi connectivity index (χ0n) is 15.7. The molecule has 0 N–H and O–H groups in total. The van der Waals surface area contributed by atoms with Crippen molar-refractivity contribution in [1.82, 2.24) is 23.6 Å². The Bertz CT molecular complexity index is 884. The van der Waals surface area contributed by atoms with Gasteiger partial charge in [0.25, 0.3) is 0 Å². The minimum absolute atomic E-state index is 0.353. The molecule has 148 valence electrons. The molecule has 1 aromatic heterocycles. The van der Waals surface area contributed by atoms with Gasteiger partial charge in [0.15, 0.2) is 4.77 Å². The van der Waals surface area contributed by atoms with Crippen LogP contribution in [0.2, 0.25) is 0 Å². The Hall–Kier alpha value is -1.55. The summed E-state index contributed by atoms with van der Waals surface area (Å²) in [4.78, 5) is 2.54. The van der Waals surface area contributed by atoms with Crippen molar-refractivity contribution >= 4 is 22.2 Å². The standard InChI is InChI=1S/C18H27N5O2S2/c1-2-3-7-10-21-15-19-23(18(21)26)16-20-11-13-22(14-12-20)27(24,25)17-8-5-4-6-9-17/h4-6,8-9,15H,2-3,7,10-14,16H2,1H3. The average molecular weight is 410 g/mol. The normalized spacial score (nSPS) is 16.6. The summed E-state index contributed by atoms with van der Waals surface area (Å²) < 4.78 is 31.5. The molecule has 0 unspecified atom stereocenters. The van der Waals surface area contributed by atoms with Crippen LogP contribution in [0.5, 0.6) is 0 Å². The predicted octanol–water partition coefficient (Wildman–Crippen LogP) is 2.57. The van der Waals surface area contributed by atoms with E-state index in [0.29, 0.717) is 37.7 Å². The number of hydrogen-bond donors (Lipinski definition) is 0. The number of hydrogen-bond acceptors (Lipinski definition) is 5. The third-order valence-electron chi connectivity index (χ3n) is 4.85. The van der Waals surface area contributed by atoms with Crippen molar-refractivity contribution in [2.75, 3.05) is 26.2 Å². The van der Waals surface area contributed by atoms with Crippen molar-refractivity contribution in [3.8, 4) is 0 Å². The van der Waals surface area contributed by atoms with Crippen LogP contribution in [0, 0.1) is 4.77 Å². The second kappa shape index (κ2) is 9.09. The van der Waals surface area contributed by atoms with Crippen LogP contribution < -0.4 is 0 Å². The monoisotopic (exact) mass is 409 g/mol. The lowest BCUT2D eigenvalue weighted by Crippen LogP contribution is -2.48. The van der Waals surface area contributed by atoms with E-state index in [1.165, 1.54) is 12.8 Å². The van der Waals surface area contributed by atoms with Gasteiger partial charge in [0.05, 0.1) is 11.6 Å². The van der Waals surface area contributed by atoms with Crippen LogP contribution in [0.1, 0.15) is 26.2 Å². The maximum absolute atomic E-state index is 12.7. The Balaban J connectivity index is 1.57. The Morgan fingerprint density at radius 3 is 2.44 bits per heavy atom. The first kappa shape index (κ1) is 20.2. The van der Waals surface area contributed by atoms with Crippen molar-refractivity contribution in [2.24, 2.45) is 0 Å². The Kier molecular flexibility index (Phi) is 6.80. The van der Waals surface area contributed by atoms with E-state index >= 15 is 0 Å². The fourth-order valence-corrected chi connectivity index (χ4v) is 4.88. The number of sulfonamides is 1. The van der Waals surface area contributed by atoms with Gasteiger partial charge in [-0.15, -0.1) is 0 Å². The number of aromatic nitrogens is 3. The lowest BCUT2D eigenvalue weighted by Gasteiger charge is -2.33. The van der Waals surface area contributed by atoms with E-state index in [9.17, 15) is 8.42 Å². The zero-order valence-corrected chi connectivity index (χ0v) is 17.3. The maximum Gasteiger partial charge on any atom is 0.243 e. The first-order valence-electron chi connectivity index (χ1n) is 9.42. The largest absolute Gasteiger partial charge is 0.307 e. The number of aryl methyl sites for hydroxylation is 1. The maximum atomic E-state index is 12.7. The second-order valence-corrected chi connectivity index (χ2v) is 9.09. The van der Waals surface area contributed by atoms with Gasteiger partial charge in [-0.2, -0.15) is 9.40 Å². The van der Waals surface area contributed by atoms with Gasteiger partial charge >= 0.3 is 0 Å². The van der Waals surface area contributed by atoms with Crippen LogP contribution in [-0.2, 0) is 23.2 Å². The SMILES string of the molecule is CCCCCn1cnn(CN2CCN(S(=O)(=O)c3ccccc3)CC2)c1=S. The number of benzene rings is 1. The highest BCUT2D eigenvalue weighted by Gasteiger charge is 2.28. The van der Waals surface area contributed by atoms with E-state index in [1.54, 1.807) is 34.9 Å². The van der Waals surface area contributed by atoms with Crippen LogP contribution in [0.25, 0.3) is 0 Å². The van der Waals surface area contributed by atoms with Crippen LogP contribution in [0.4, 0.5) is 0 Å². The van der Waals surface area contributed by atoms with E-state index < -0.39 is 10.0 Å². The third kappa shape index (κ3) is 4.84. The van der Waals surface area contributed by atoms with Crippen molar-refractivity contribution in [3.63, 3.8) is 0 Å². The molecule has 1 saturated heterocycles. The molecule has 1 aliphatic rings. The van der Waals surface area contributed by atoms with Gasteiger partial charge in [0, 0.05) is 32.7 Å². The van der Waals surface area contributed by atoms with Gasteiger partial charge in [-0.25, -0.2) is 13.1 Å². The summed E-state index contributed by atoms with van der Waals surface area (Å²) in [5, 5.41) is 4.41. The highest BCUT2D eigenvalue weighted by Crippen LogP contribution is 2.17. The Morgan fingerprint density at radius 2 is 1.78 bits per heavy atom. The summed E-state index contributed by atoms with van der Waals surface area (Å²) in [5.74, 6) is 0. The minimum Gasteiger partial charge on any atom is -0.307 e. The van der Waals surface area contributed by atoms with Gasteiger partial charge in [-0.05, 0) is 30.8 Å². The molecular weight excluding hydrogens is 382 g/mol. The number of nitrogens with zero attached hydrogens (tertiary/aromatic N) is 5. The highest BCUT2D eigenvalue weighted by molar-refractivity contribution is 7.89. The van der Waals surface area contributed by atoms with Gasteiger partial charge in [0.2, 0.25) is 10.0 Å². The van der Waals surface area contributed by atoms with Gasteiger partial charge in [0.1, 0.15) is 6.33 Å². The highest BCUT2D eigenvalue weighted by atomic mass is 32.2. The molecule has 0 atom stereocenters. The molecule has 0 amide bonds. The number of unbranched alkanes of at least 4 members (excludes halogenated alkanes) is 2. The summed E-state index contributed by atoms with van der Waals surface area (Å²) in [5.41, 5.74) is 0. The van der Waals surface area contributed by atoms with Crippen molar-refractivity contribution in [1.29, 1.82) is 0 Å². The van der Waals surface area contributed by atoms with Crippen molar-refractivity contribution < 1.29 is 8.42 Å². The molecule has 7 nitrogen and oxygen atoms in total. The molecule has 0 spiro atoms. The molecule has 2 heterocycles. The summed E-state index contributed by atoms with van der Waals surface area (Å²) in [6.45, 7) is 5.95. The van der Waals surface area contributed by atoms with Crippen molar-refractivity contribution in [3.05, 3.63) is 41.4 Å². The van der Waals surface area contributed by atoms with E-state index in [1.807, 2.05) is 15.3 Å². The zero-order chi connectivity index (χ0) is 19.3. The first-order chi connectivity index (χ1) is 13.0. The molecule has 0 aliphatic carbocycles. The lowest BCUT2D eigenvalue weighted by atomic mass is 10.2. The first-order valence-corrected chi connectivity index (χ1v) is 11.3. The summed E-state index contributed by atoms with van der Waals surface area (Å²) in [6, 6.07) is 8.61. The molecule has 9 heteroatoms. The van der Waals surface area contributed by atoms with E-state index in [4.69, 9.17) is 12.2 Å². The minimum atomic E-state index is -3.42. The third-order valence-corrected chi connectivity index (χ3v) is 7.20. The fourth-order valence-electron chi connectivity index (χ4n) is 3.20. The predicted molar refractivity (Wildman–Crippen MR) is 107 cm³/mol. The smallest absolute Gasteiger partial charge is 0.243 e. The molecule has 1 aliphatic heterocycles. The van der Waals surface area contributed by atoms with Crippen LogP contribution in [-0.4, -0.2) is 58.1 Å². The topological polar surface area (TPSA) is 63.4 Å². The molecular formula is C18H27N5O2S2. The Labute approximate surface area is 166 Å². The average Bonchev–Trinajstić information content (AvgIpc) is 3.03. The van der Waals surface area contributed by atoms with Gasteiger partial charge in [-0.3, -0.25) is 4.90 Å². The van der Waals surface area contributed by atoms with Crippen molar-refractivity contribution in [2.45, 2.75) is 44.3 Å². The molecule has 1 fully saturated rings. The number of piperazine rings is 1. The number of rotatable bonds is 8. The quantitative estimate of drug-likeness (QED) is 0.495. The molecule has 3 rings (SSSR count). The van der Waals surface area contributed by atoms with E-state index in [0.717, 1.165) is 17.7 Å². The van der Waals surface area contributed by atoms with Gasteiger partial charge < -0.3 is 4.57 Å². The summed E-state index contributed by atoms with van der Waals surface area (Å²) in [6.07, 6.45) is 5.27. The van der Waals surface area contributed by atoms with Crippen LogP contribution >= 0.6 is 12.2 Å². The summed E-state index contributed by atoms with van der Waals surface area (Å²) in [7, 11) is -3.42. The Morgan fingerprint density at radius 1 is 1.07 bits per heavy atom. The molecule has 2 aromatic rings. The van der Waals surface area contributed by atoms with Crippen LogP contribution in [0.3, 0.4) is 0 Å². The molecule has 27 heavy (non-hydrogen) atoms. The van der Waals surface area contributed by atoms with Gasteiger partial charge in [-0.1, -0.05) is 38.0 Å². The second-order valence-electron chi connectivity index (χ2n) is 6.79. The van der Waals surface area contributed by atoms with E-state index in [2.05, 4.69) is 16.9 Å². The lowest BCUT2D eigenvalue weighted by molar-refractivity contribution is 0.144. The molecule has 0 saturated carbocycles. The molecule has 1 aromatic carbocycles. The summed E-state index contributed by atoms with van der Waals surface area (Å²) >= 11 is 5.52.